The van der Waals surface area contributed by atoms with E-state index in [1.165, 1.54) is 12.1 Å². The maximum Gasteiger partial charge on any atom is 0.452 e. The van der Waals surface area contributed by atoms with Crippen molar-refractivity contribution in [1.29, 1.82) is 5.41 Å². The Kier molecular flexibility index (Phi) is 7.94. The van der Waals surface area contributed by atoms with Gasteiger partial charge in [0.15, 0.2) is 5.69 Å². The number of aromatic nitrogens is 3. The summed E-state index contributed by atoms with van der Waals surface area (Å²) < 4.78 is 55.9. The third-order valence-electron chi connectivity index (χ3n) is 4.45. The molecule has 2 N–H and O–H groups in total. The molecular formula is C24H24F3N5O5. The van der Waals surface area contributed by atoms with Gasteiger partial charge in [-0.25, -0.2) is 19.7 Å². The summed E-state index contributed by atoms with van der Waals surface area (Å²) in [5.41, 5.74) is -1.74. The number of nitrogens with zero attached hydrogens (tertiary/aromatic N) is 3. The van der Waals surface area contributed by atoms with Crippen molar-refractivity contribution < 1.29 is 36.7 Å². The van der Waals surface area contributed by atoms with Crippen LogP contribution in [0.2, 0.25) is 0 Å². The van der Waals surface area contributed by atoms with Gasteiger partial charge in [0.25, 0.3) is 5.91 Å². The van der Waals surface area contributed by atoms with Gasteiger partial charge in [-0.05, 0) is 39.8 Å². The van der Waals surface area contributed by atoms with E-state index in [1.54, 1.807) is 45.9 Å². The second-order valence-corrected chi connectivity index (χ2v) is 8.88. The second kappa shape index (κ2) is 10.8. The molecule has 0 fully saturated rings. The molecule has 0 radical (unpaired) electrons. The molecule has 0 aliphatic rings. The number of hydrogen-bond acceptors (Lipinski definition) is 9. The molecular weight excluding hydrogens is 495 g/mol. The average Bonchev–Trinajstić information content (AvgIpc) is 3.26. The number of esters is 1. The van der Waals surface area contributed by atoms with Crippen molar-refractivity contribution in [3.05, 3.63) is 54.2 Å². The van der Waals surface area contributed by atoms with Gasteiger partial charge in [-0.1, -0.05) is 18.2 Å². The Morgan fingerprint density at radius 3 is 2.30 bits per heavy atom. The molecule has 1 amide bonds. The number of alkyl halides is 3. The normalized spacial score (nSPS) is 12.5. The van der Waals surface area contributed by atoms with E-state index in [1.807, 2.05) is 0 Å². The molecule has 0 spiro atoms. The van der Waals surface area contributed by atoms with E-state index in [-0.39, 0.29) is 35.3 Å². The second-order valence-electron chi connectivity index (χ2n) is 8.88. The molecule has 0 aliphatic carbocycles. The van der Waals surface area contributed by atoms with Crippen LogP contribution in [0.4, 0.5) is 18.9 Å². The lowest BCUT2D eigenvalue weighted by atomic mass is 10.1. The molecule has 2 heterocycles. The maximum absolute atomic E-state index is 13.5. The van der Waals surface area contributed by atoms with Gasteiger partial charge >= 0.3 is 18.2 Å². The van der Waals surface area contributed by atoms with Gasteiger partial charge in [0.1, 0.15) is 17.4 Å². The lowest BCUT2D eigenvalue weighted by molar-refractivity contribution is -0.153. The highest BCUT2D eigenvalue weighted by Crippen LogP contribution is 2.35. The number of hydrogen-bond donors (Lipinski definition) is 2. The highest BCUT2D eigenvalue weighted by molar-refractivity contribution is 6.35. The third-order valence-corrected chi connectivity index (χ3v) is 4.45. The van der Waals surface area contributed by atoms with Crippen LogP contribution in [-0.2, 0) is 15.7 Å². The number of anilines is 1. The molecule has 10 nitrogen and oxygen atoms in total. The highest BCUT2D eigenvalue weighted by Gasteiger charge is 2.42. The molecule has 0 bridgehead atoms. The molecule has 2 aromatic heterocycles. The molecule has 0 unspecified atom stereocenters. The first-order valence-electron chi connectivity index (χ1n) is 11.0. The molecule has 0 saturated carbocycles. The molecule has 3 aromatic rings. The van der Waals surface area contributed by atoms with Crippen LogP contribution in [0.25, 0.3) is 11.5 Å². The van der Waals surface area contributed by atoms with Crippen molar-refractivity contribution in [3.8, 4) is 17.5 Å². The summed E-state index contributed by atoms with van der Waals surface area (Å²) in [6, 6.07) is 7.71. The van der Waals surface area contributed by atoms with Gasteiger partial charge in [-0.15, -0.1) is 0 Å². The lowest BCUT2D eigenvalue weighted by Gasteiger charge is -2.20. The number of benzene rings is 1. The summed E-state index contributed by atoms with van der Waals surface area (Å²) in [7, 11) is 0. The minimum atomic E-state index is -4.95. The molecule has 0 saturated heterocycles. The van der Waals surface area contributed by atoms with Crippen molar-refractivity contribution in [2.75, 3.05) is 5.32 Å². The fourth-order valence-electron chi connectivity index (χ4n) is 2.93. The minimum Gasteiger partial charge on any atom is -0.460 e. The van der Waals surface area contributed by atoms with E-state index in [9.17, 15) is 22.8 Å². The SMILES string of the molecule is C[C@@H](CC(=N)C(=O)OC(C)(C)C)Oc1ncc(NC(=O)c2nc(-c3ccccc3)oc2C(F)(F)F)cn1. The van der Waals surface area contributed by atoms with Crippen molar-refractivity contribution in [3.63, 3.8) is 0 Å². The predicted octanol–water partition coefficient (Wildman–Crippen LogP) is 4.92. The average molecular weight is 519 g/mol. The smallest absolute Gasteiger partial charge is 0.452 e. The Balaban J connectivity index is 1.66. The molecule has 37 heavy (non-hydrogen) atoms. The zero-order chi connectivity index (χ0) is 27.4. The fourth-order valence-corrected chi connectivity index (χ4v) is 2.93. The van der Waals surface area contributed by atoms with Crippen LogP contribution in [0.3, 0.4) is 0 Å². The van der Waals surface area contributed by atoms with Crippen LogP contribution in [0.15, 0.2) is 47.1 Å². The number of carbonyl (C=O) groups excluding carboxylic acids is 2. The fraction of sp³-hybridized carbons (Fsp3) is 0.333. The van der Waals surface area contributed by atoms with Crippen molar-refractivity contribution >= 4 is 23.3 Å². The largest absolute Gasteiger partial charge is 0.460 e. The zero-order valence-electron chi connectivity index (χ0n) is 20.3. The standard InChI is InChI=1S/C24H24F3N5O5/c1-13(10-16(28)21(34)37-23(2,3)4)35-22-29-11-15(12-30-22)31-19(33)17-18(24(25,26)27)36-20(32-17)14-8-6-5-7-9-14/h5-9,11-13,28H,10H2,1-4H3,(H,31,33)/t13-/m0/s1. The number of rotatable bonds is 8. The first-order chi connectivity index (χ1) is 17.2. The van der Waals surface area contributed by atoms with Gasteiger partial charge in [0.2, 0.25) is 11.7 Å². The minimum absolute atomic E-state index is 0.0242. The molecule has 13 heteroatoms. The highest BCUT2D eigenvalue weighted by atomic mass is 19.4. The molecule has 1 atom stereocenters. The van der Waals surface area contributed by atoms with E-state index in [2.05, 4.69) is 20.3 Å². The topological polar surface area (TPSA) is 140 Å². The summed E-state index contributed by atoms with van der Waals surface area (Å²) in [6.45, 7) is 6.63. The summed E-state index contributed by atoms with van der Waals surface area (Å²) >= 11 is 0. The zero-order valence-corrected chi connectivity index (χ0v) is 20.3. The molecule has 196 valence electrons. The Hall–Kier alpha value is -4.29. The number of nitrogens with one attached hydrogen (secondary N) is 2. The Bertz CT molecular complexity index is 1270. The summed E-state index contributed by atoms with van der Waals surface area (Å²) in [5.74, 6) is -3.84. The van der Waals surface area contributed by atoms with Gasteiger partial charge in [0, 0.05) is 12.0 Å². The predicted molar refractivity (Wildman–Crippen MR) is 125 cm³/mol. The van der Waals surface area contributed by atoms with E-state index in [4.69, 9.17) is 19.3 Å². The first-order valence-corrected chi connectivity index (χ1v) is 11.0. The van der Waals surface area contributed by atoms with E-state index >= 15 is 0 Å². The Morgan fingerprint density at radius 1 is 1.11 bits per heavy atom. The molecule has 0 aliphatic heterocycles. The summed E-state index contributed by atoms with van der Waals surface area (Å²) in [5, 5.41) is 10.1. The molecule has 3 rings (SSSR count). The monoisotopic (exact) mass is 519 g/mol. The number of oxazole rings is 1. The van der Waals surface area contributed by atoms with Crippen LogP contribution < -0.4 is 10.1 Å². The van der Waals surface area contributed by atoms with Gasteiger partial charge in [-0.2, -0.15) is 13.2 Å². The summed E-state index contributed by atoms with van der Waals surface area (Å²) in [4.78, 5) is 36.1. The van der Waals surface area contributed by atoms with Crippen LogP contribution in [0.1, 0.15) is 50.4 Å². The maximum atomic E-state index is 13.5. The van der Waals surface area contributed by atoms with Crippen molar-refractivity contribution in [1.82, 2.24) is 15.0 Å². The van der Waals surface area contributed by atoms with Crippen LogP contribution in [0, 0.1) is 5.41 Å². The lowest BCUT2D eigenvalue weighted by Crippen LogP contribution is -2.31. The van der Waals surface area contributed by atoms with Gasteiger partial charge in [-0.3, -0.25) is 10.2 Å². The number of ether oxygens (including phenoxy) is 2. The van der Waals surface area contributed by atoms with Crippen LogP contribution in [0.5, 0.6) is 6.01 Å². The van der Waals surface area contributed by atoms with Gasteiger partial charge in [0.05, 0.1) is 18.1 Å². The first kappa shape index (κ1) is 27.3. The molecule has 1 aromatic carbocycles. The van der Waals surface area contributed by atoms with Crippen molar-refractivity contribution in [2.24, 2.45) is 0 Å². The number of halogens is 3. The van der Waals surface area contributed by atoms with Crippen LogP contribution in [-0.4, -0.2) is 44.2 Å². The third kappa shape index (κ3) is 7.59. The quantitative estimate of drug-likeness (QED) is 0.316. The van der Waals surface area contributed by atoms with E-state index in [0.717, 1.165) is 12.4 Å². The Labute approximate surface area is 209 Å². The summed E-state index contributed by atoms with van der Waals surface area (Å²) in [6.07, 6.45) is -3.45. The van der Waals surface area contributed by atoms with E-state index in [0.29, 0.717) is 0 Å². The number of carbonyl (C=O) groups is 2. The van der Waals surface area contributed by atoms with Crippen LogP contribution >= 0.6 is 0 Å². The Morgan fingerprint density at radius 2 is 1.73 bits per heavy atom. The van der Waals surface area contributed by atoms with E-state index < -0.39 is 41.2 Å². The van der Waals surface area contributed by atoms with Crippen molar-refractivity contribution in [2.45, 2.75) is 52.0 Å². The van der Waals surface area contributed by atoms with Gasteiger partial charge < -0.3 is 19.2 Å². The number of amides is 1.